The molecule has 0 heterocycles. The first kappa shape index (κ1) is 12.6. The van der Waals surface area contributed by atoms with Crippen LogP contribution in [0.1, 0.15) is 18.4 Å². The predicted octanol–water partition coefficient (Wildman–Crippen LogP) is 2.70. The lowest BCUT2D eigenvalue weighted by atomic mass is 10.1. The number of carbonyl (C=O) groups is 1. The summed E-state index contributed by atoms with van der Waals surface area (Å²) in [6.45, 7) is 2.76. The maximum absolute atomic E-state index is 12.2. The molecule has 2 rings (SSSR count). The van der Waals surface area contributed by atoms with Gasteiger partial charge in [-0.15, -0.1) is 0 Å². The molecule has 0 radical (unpaired) electrons. The molecule has 0 atom stereocenters. The Morgan fingerprint density at radius 3 is 2.71 bits per heavy atom. The summed E-state index contributed by atoms with van der Waals surface area (Å²) < 4.78 is 1.03. The summed E-state index contributed by atoms with van der Waals surface area (Å²) >= 11 is 3.42. The van der Waals surface area contributed by atoms with Gasteiger partial charge in [0, 0.05) is 16.7 Å². The molecule has 2 N–H and O–H groups in total. The van der Waals surface area contributed by atoms with Crippen LogP contribution >= 0.6 is 15.9 Å². The number of benzene rings is 1. The zero-order valence-corrected chi connectivity index (χ0v) is 11.7. The summed E-state index contributed by atoms with van der Waals surface area (Å²) in [6, 6.07) is 5.89. The second-order valence-electron chi connectivity index (χ2n) is 4.72. The van der Waals surface area contributed by atoms with Gasteiger partial charge < -0.3 is 10.6 Å². The molecular formula is C13H17BrN2O. The van der Waals surface area contributed by atoms with Crippen LogP contribution < -0.4 is 10.6 Å². The number of halogens is 1. The molecule has 1 amide bonds. The van der Waals surface area contributed by atoms with Crippen molar-refractivity contribution in [3.05, 3.63) is 28.2 Å². The van der Waals surface area contributed by atoms with Gasteiger partial charge in [0.1, 0.15) is 0 Å². The van der Waals surface area contributed by atoms with Gasteiger partial charge in [-0.05, 0) is 50.6 Å². The number of rotatable bonds is 4. The van der Waals surface area contributed by atoms with E-state index in [0.29, 0.717) is 0 Å². The number of amides is 1. The minimum absolute atomic E-state index is 0.136. The van der Waals surface area contributed by atoms with Gasteiger partial charge in [-0.2, -0.15) is 0 Å². The Labute approximate surface area is 110 Å². The monoisotopic (exact) mass is 296 g/mol. The van der Waals surface area contributed by atoms with Gasteiger partial charge in [-0.25, -0.2) is 0 Å². The number of nitrogens with one attached hydrogen (secondary N) is 2. The third kappa shape index (κ3) is 2.69. The molecule has 0 unspecified atom stereocenters. The fraction of sp³-hybridized carbons (Fsp3) is 0.462. The van der Waals surface area contributed by atoms with E-state index < -0.39 is 0 Å². The summed E-state index contributed by atoms with van der Waals surface area (Å²) in [5.41, 5.74) is 1.81. The summed E-state index contributed by atoms with van der Waals surface area (Å²) in [6.07, 6.45) is 1.96. The minimum atomic E-state index is -0.172. The van der Waals surface area contributed by atoms with E-state index in [2.05, 4.69) is 26.6 Å². The SMILES string of the molecule is CNCC1(C(=O)Nc2ccc(Br)cc2C)CC1. The number of aryl methyl sites for hydroxylation is 1. The van der Waals surface area contributed by atoms with E-state index in [0.717, 1.165) is 35.1 Å². The van der Waals surface area contributed by atoms with Gasteiger partial charge in [0.15, 0.2) is 0 Å². The zero-order chi connectivity index (χ0) is 12.5. The molecule has 4 heteroatoms. The zero-order valence-electron chi connectivity index (χ0n) is 10.1. The predicted molar refractivity (Wildman–Crippen MR) is 73.1 cm³/mol. The third-order valence-corrected chi connectivity index (χ3v) is 3.78. The molecule has 0 saturated heterocycles. The number of carbonyl (C=O) groups excluding carboxylic acids is 1. The van der Waals surface area contributed by atoms with Crippen molar-refractivity contribution < 1.29 is 4.79 Å². The highest BCUT2D eigenvalue weighted by Gasteiger charge is 2.49. The van der Waals surface area contributed by atoms with E-state index in [1.165, 1.54) is 0 Å². The van der Waals surface area contributed by atoms with E-state index in [1.807, 2.05) is 32.2 Å². The van der Waals surface area contributed by atoms with Crippen LogP contribution in [0, 0.1) is 12.3 Å². The molecule has 1 saturated carbocycles. The minimum Gasteiger partial charge on any atom is -0.325 e. The van der Waals surface area contributed by atoms with Crippen molar-refractivity contribution in [2.75, 3.05) is 18.9 Å². The normalized spacial score (nSPS) is 16.6. The summed E-state index contributed by atoms with van der Waals surface area (Å²) in [5.74, 6) is 0.136. The average Bonchev–Trinajstić information content (AvgIpc) is 3.04. The fourth-order valence-corrected chi connectivity index (χ4v) is 2.47. The van der Waals surface area contributed by atoms with Gasteiger partial charge in [0.05, 0.1) is 5.41 Å². The Balaban J connectivity index is 2.08. The van der Waals surface area contributed by atoms with E-state index in [-0.39, 0.29) is 11.3 Å². The first-order chi connectivity index (χ1) is 8.07. The van der Waals surface area contributed by atoms with Crippen LogP contribution in [-0.4, -0.2) is 19.5 Å². The van der Waals surface area contributed by atoms with Gasteiger partial charge in [-0.1, -0.05) is 15.9 Å². The molecular weight excluding hydrogens is 280 g/mol. The van der Waals surface area contributed by atoms with E-state index in [9.17, 15) is 4.79 Å². The maximum atomic E-state index is 12.2. The topological polar surface area (TPSA) is 41.1 Å². The maximum Gasteiger partial charge on any atom is 0.231 e. The van der Waals surface area contributed by atoms with Gasteiger partial charge in [-0.3, -0.25) is 4.79 Å². The first-order valence-corrected chi connectivity index (χ1v) is 6.59. The van der Waals surface area contributed by atoms with Crippen molar-refractivity contribution in [2.24, 2.45) is 5.41 Å². The number of hydrogen-bond acceptors (Lipinski definition) is 2. The molecule has 1 aliphatic carbocycles. The van der Waals surface area contributed by atoms with Crippen LogP contribution in [0.5, 0.6) is 0 Å². The van der Waals surface area contributed by atoms with Crippen LogP contribution in [0.2, 0.25) is 0 Å². The Bertz CT molecular complexity index is 441. The van der Waals surface area contributed by atoms with Crippen LogP contribution in [0.15, 0.2) is 22.7 Å². The van der Waals surface area contributed by atoms with Crippen molar-refractivity contribution in [2.45, 2.75) is 19.8 Å². The molecule has 1 aromatic carbocycles. The summed E-state index contributed by atoms with van der Waals surface area (Å²) in [5, 5.41) is 6.12. The molecule has 3 nitrogen and oxygen atoms in total. The third-order valence-electron chi connectivity index (χ3n) is 3.29. The van der Waals surface area contributed by atoms with Crippen LogP contribution in [0.25, 0.3) is 0 Å². The number of hydrogen-bond donors (Lipinski definition) is 2. The Morgan fingerprint density at radius 2 is 2.18 bits per heavy atom. The molecule has 1 fully saturated rings. The van der Waals surface area contributed by atoms with Crippen molar-refractivity contribution in [3.63, 3.8) is 0 Å². The molecule has 0 aliphatic heterocycles. The Morgan fingerprint density at radius 1 is 1.47 bits per heavy atom. The van der Waals surface area contributed by atoms with Crippen molar-refractivity contribution in [1.82, 2.24) is 5.32 Å². The molecule has 0 spiro atoms. The molecule has 0 bridgehead atoms. The van der Waals surface area contributed by atoms with E-state index >= 15 is 0 Å². The molecule has 17 heavy (non-hydrogen) atoms. The Kier molecular flexibility index (Phi) is 3.54. The largest absolute Gasteiger partial charge is 0.325 e. The quantitative estimate of drug-likeness (QED) is 0.897. The highest BCUT2D eigenvalue weighted by molar-refractivity contribution is 9.10. The second kappa shape index (κ2) is 4.78. The first-order valence-electron chi connectivity index (χ1n) is 5.80. The van der Waals surface area contributed by atoms with Crippen molar-refractivity contribution in [1.29, 1.82) is 0 Å². The highest BCUT2D eigenvalue weighted by Crippen LogP contribution is 2.46. The van der Waals surface area contributed by atoms with Gasteiger partial charge in [0.25, 0.3) is 0 Å². The molecule has 0 aromatic heterocycles. The number of anilines is 1. The van der Waals surface area contributed by atoms with Gasteiger partial charge >= 0.3 is 0 Å². The Hall–Kier alpha value is -0.870. The lowest BCUT2D eigenvalue weighted by molar-refractivity contribution is -0.120. The highest BCUT2D eigenvalue weighted by atomic mass is 79.9. The molecule has 92 valence electrons. The smallest absolute Gasteiger partial charge is 0.231 e. The van der Waals surface area contributed by atoms with Crippen molar-refractivity contribution >= 4 is 27.5 Å². The van der Waals surface area contributed by atoms with Gasteiger partial charge in [0.2, 0.25) is 5.91 Å². The molecule has 1 aromatic rings. The van der Waals surface area contributed by atoms with E-state index in [1.54, 1.807) is 0 Å². The van der Waals surface area contributed by atoms with E-state index in [4.69, 9.17) is 0 Å². The summed E-state index contributed by atoms with van der Waals surface area (Å²) in [4.78, 5) is 12.2. The van der Waals surface area contributed by atoms with Crippen molar-refractivity contribution in [3.8, 4) is 0 Å². The standard InChI is InChI=1S/C13H17BrN2O/c1-9-7-10(14)3-4-11(9)16-12(17)13(5-6-13)8-15-2/h3-4,7,15H,5-6,8H2,1-2H3,(H,16,17). The van der Waals surface area contributed by atoms with Crippen LogP contribution in [-0.2, 0) is 4.79 Å². The van der Waals surface area contributed by atoms with Crippen LogP contribution in [0.4, 0.5) is 5.69 Å². The second-order valence-corrected chi connectivity index (χ2v) is 5.64. The average molecular weight is 297 g/mol. The fourth-order valence-electron chi connectivity index (χ4n) is 2.00. The van der Waals surface area contributed by atoms with Crippen LogP contribution in [0.3, 0.4) is 0 Å². The lowest BCUT2D eigenvalue weighted by Crippen LogP contribution is -2.32. The lowest BCUT2D eigenvalue weighted by Gasteiger charge is -2.16. The molecule has 1 aliphatic rings. The summed E-state index contributed by atoms with van der Waals surface area (Å²) in [7, 11) is 1.89.